The Hall–Kier alpha value is -1.38. The molecule has 0 aromatic heterocycles. The Labute approximate surface area is 131 Å². The van der Waals surface area contributed by atoms with E-state index in [2.05, 4.69) is 5.32 Å². The lowest BCUT2D eigenvalue weighted by atomic mass is 10.1. The first kappa shape index (κ1) is 20.6. The molecule has 2 N–H and O–H groups in total. The van der Waals surface area contributed by atoms with E-state index in [1.807, 2.05) is 0 Å². The lowest BCUT2D eigenvalue weighted by Crippen LogP contribution is -2.51. The Morgan fingerprint density at radius 1 is 1.23 bits per heavy atom. The van der Waals surface area contributed by atoms with Crippen molar-refractivity contribution in [2.75, 3.05) is 27.1 Å². The van der Waals surface area contributed by atoms with Crippen LogP contribution in [0, 0.1) is 0 Å². The summed E-state index contributed by atoms with van der Waals surface area (Å²) in [6, 6.07) is -1.22. The van der Waals surface area contributed by atoms with Crippen LogP contribution in [0.1, 0.15) is 34.1 Å². The minimum absolute atomic E-state index is 0.0817. The minimum atomic E-state index is -1.22. The maximum atomic E-state index is 11.7. The molecule has 0 radical (unpaired) electrons. The van der Waals surface area contributed by atoms with Gasteiger partial charge in [-0.1, -0.05) is 6.92 Å². The number of nitrogens with one attached hydrogen (secondary N) is 1. The molecule has 2 atom stereocenters. The molecule has 0 fully saturated rings. The molecule has 8 heteroatoms. The second kappa shape index (κ2) is 10.4. The normalized spacial score (nSPS) is 14.2. The van der Waals surface area contributed by atoms with Crippen LogP contribution in [0.5, 0.6) is 0 Å². The van der Waals surface area contributed by atoms with Gasteiger partial charge in [-0.05, 0) is 27.2 Å². The van der Waals surface area contributed by atoms with Crippen molar-refractivity contribution in [1.82, 2.24) is 5.32 Å². The number of carbonyl (C=O) groups is 2. The number of alkyl carbamates (subject to hydrolysis) is 1. The minimum Gasteiger partial charge on any atom is -0.480 e. The van der Waals surface area contributed by atoms with Crippen LogP contribution in [0.4, 0.5) is 4.79 Å². The van der Waals surface area contributed by atoms with Crippen molar-refractivity contribution in [2.45, 2.75) is 51.9 Å². The van der Waals surface area contributed by atoms with Gasteiger partial charge in [0.2, 0.25) is 0 Å². The van der Waals surface area contributed by atoms with Crippen molar-refractivity contribution in [3.8, 4) is 0 Å². The Balaban J connectivity index is 4.48. The van der Waals surface area contributed by atoms with Gasteiger partial charge < -0.3 is 29.4 Å². The first-order valence-corrected chi connectivity index (χ1v) is 7.11. The monoisotopic (exact) mass is 321 g/mol. The molecule has 0 saturated heterocycles. The van der Waals surface area contributed by atoms with Crippen molar-refractivity contribution in [3.63, 3.8) is 0 Å². The van der Waals surface area contributed by atoms with E-state index in [4.69, 9.17) is 18.9 Å². The number of carboxylic acids is 1. The highest BCUT2D eigenvalue weighted by molar-refractivity contribution is 5.80. The number of amides is 1. The van der Waals surface area contributed by atoms with Gasteiger partial charge in [-0.15, -0.1) is 0 Å². The summed E-state index contributed by atoms with van der Waals surface area (Å²) in [6.07, 6.45) is -1.14. The van der Waals surface area contributed by atoms with Crippen LogP contribution in [0.2, 0.25) is 0 Å². The van der Waals surface area contributed by atoms with Crippen molar-refractivity contribution >= 4 is 12.1 Å². The SMILES string of the molecule is CC[C@H](OCOCCOC)[C@@H](NC(=O)OC(C)(C)C)C(=O)O. The summed E-state index contributed by atoms with van der Waals surface area (Å²) < 4.78 is 20.4. The van der Waals surface area contributed by atoms with Crippen LogP contribution in [-0.4, -0.2) is 62.0 Å². The predicted molar refractivity (Wildman–Crippen MR) is 78.7 cm³/mol. The summed E-state index contributed by atoms with van der Waals surface area (Å²) in [5.74, 6) is -1.20. The molecule has 0 aliphatic carbocycles. The van der Waals surface area contributed by atoms with E-state index in [0.717, 1.165) is 0 Å². The van der Waals surface area contributed by atoms with Crippen molar-refractivity contribution in [2.24, 2.45) is 0 Å². The number of aliphatic carboxylic acids is 1. The van der Waals surface area contributed by atoms with Gasteiger partial charge in [0.15, 0.2) is 6.04 Å². The molecule has 130 valence electrons. The van der Waals surface area contributed by atoms with E-state index in [-0.39, 0.29) is 6.79 Å². The topological polar surface area (TPSA) is 103 Å². The molecular weight excluding hydrogens is 294 g/mol. The third-order valence-electron chi connectivity index (χ3n) is 2.51. The van der Waals surface area contributed by atoms with Crippen LogP contribution in [-0.2, 0) is 23.7 Å². The number of methoxy groups -OCH3 is 1. The molecule has 0 aromatic rings. The molecular formula is C14H27NO7. The number of rotatable bonds is 10. The quantitative estimate of drug-likeness (QED) is 0.463. The fourth-order valence-electron chi connectivity index (χ4n) is 1.53. The third kappa shape index (κ3) is 9.54. The third-order valence-corrected chi connectivity index (χ3v) is 2.51. The molecule has 0 rings (SSSR count). The highest BCUT2D eigenvalue weighted by Crippen LogP contribution is 2.10. The molecule has 0 spiro atoms. The highest BCUT2D eigenvalue weighted by Gasteiger charge is 2.31. The Morgan fingerprint density at radius 2 is 1.86 bits per heavy atom. The van der Waals surface area contributed by atoms with Gasteiger partial charge in [-0.25, -0.2) is 9.59 Å². The molecule has 0 aliphatic rings. The molecule has 0 saturated carbocycles. The van der Waals surface area contributed by atoms with E-state index in [9.17, 15) is 14.7 Å². The fourth-order valence-corrected chi connectivity index (χ4v) is 1.53. The molecule has 8 nitrogen and oxygen atoms in total. The van der Waals surface area contributed by atoms with Crippen LogP contribution < -0.4 is 5.32 Å². The summed E-state index contributed by atoms with van der Waals surface area (Å²) in [6.45, 7) is 7.51. The van der Waals surface area contributed by atoms with E-state index < -0.39 is 29.8 Å². The van der Waals surface area contributed by atoms with Gasteiger partial charge in [0.25, 0.3) is 0 Å². The number of carboxylic acid groups (broad SMARTS) is 1. The summed E-state index contributed by atoms with van der Waals surface area (Å²) >= 11 is 0. The maximum Gasteiger partial charge on any atom is 0.408 e. The average molecular weight is 321 g/mol. The Morgan fingerprint density at radius 3 is 2.32 bits per heavy atom. The standard InChI is InChI=1S/C14H27NO7/c1-6-10(21-9-20-8-7-19-5)11(12(16)17)15-13(18)22-14(2,3)4/h10-11H,6-9H2,1-5H3,(H,15,18)(H,16,17)/t10-,11+/m0/s1. The maximum absolute atomic E-state index is 11.7. The van der Waals surface area contributed by atoms with Gasteiger partial charge in [0.05, 0.1) is 19.3 Å². The van der Waals surface area contributed by atoms with Gasteiger partial charge in [0, 0.05) is 7.11 Å². The summed E-state index contributed by atoms with van der Waals surface area (Å²) in [7, 11) is 1.55. The van der Waals surface area contributed by atoms with Crippen LogP contribution in [0.15, 0.2) is 0 Å². The van der Waals surface area contributed by atoms with E-state index in [1.165, 1.54) is 0 Å². The van der Waals surface area contributed by atoms with Crippen molar-refractivity contribution in [3.05, 3.63) is 0 Å². The summed E-state index contributed by atoms with van der Waals surface area (Å²) in [5, 5.41) is 11.6. The molecule has 0 heterocycles. The summed E-state index contributed by atoms with van der Waals surface area (Å²) in [4.78, 5) is 23.0. The van der Waals surface area contributed by atoms with E-state index >= 15 is 0 Å². The molecule has 0 aliphatic heterocycles. The van der Waals surface area contributed by atoms with Crippen LogP contribution in [0.25, 0.3) is 0 Å². The molecule has 1 amide bonds. The molecule has 0 unspecified atom stereocenters. The largest absolute Gasteiger partial charge is 0.480 e. The van der Waals surface area contributed by atoms with Gasteiger partial charge in [-0.3, -0.25) is 0 Å². The Bertz CT molecular complexity index is 341. The number of hydrogen-bond acceptors (Lipinski definition) is 6. The fraction of sp³-hybridized carbons (Fsp3) is 0.857. The lowest BCUT2D eigenvalue weighted by Gasteiger charge is -2.26. The zero-order valence-electron chi connectivity index (χ0n) is 13.9. The summed E-state index contributed by atoms with van der Waals surface area (Å²) in [5.41, 5.74) is -0.709. The van der Waals surface area contributed by atoms with Crippen molar-refractivity contribution in [1.29, 1.82) is 0 Å². The van der Waals surface area contributed by atoms with E-state index in [0.29, 0.717) is 19.6 Å². The van der Waals surface area contributed by atoms with Gasteiger partial charge >= 0.3 is 12.1 Å². The molecule has 0 bridgehead atoms. The first-order chi connectivity index (χ1) is 10.2. The predicted octanol–water partition coefficient (Wildman–Crippen LogP) is 1.38. The smallest absolute Gasteiger partial charge is 0.408 e. The number of carbonyl (C=O) groups excluding carboxylic acids is 1. The zero-order chi connectivity index (χ0) is 17.2. The van der Waals surface area contributed by atoms with Crippen molar-refractivity contribution < 1.29 is 33.6 Å². The Kier molecular flexibility index (Phi) is 9.71. The van der Waals surface area contributed by atoms with Gasteiger partial charge in [-0.2, -0.15) is 0 Å². The van der Waals surface area contributed by atoms with E-state index in [1.54, 1.807) is 34.8 Å². The zero-order valence-corrected chi connectivity index (χ0v) is 13.9. The number of ether oxygens (including phenoxy) is 4. The second-order valence-electron chi connectivity index (χ2n) is 5.59. The van der Waals surface area contributed by atoms with Crippen LogP contribution >= 0.6 is 0 Å². The van der Waals surface area contributed by atoms with Crippen LogP contribution in [0.3, 0.4) is 0 Å². The lowest BCUT2D eigenvalue weighted by molar-refractivity contribution is -0.150. The first-order valence-electron chi connectivity index (χ1n) is 7.11. The number of hydrogen-bond donors (Lipinski definition) is 2. The average Bonchev–Trinajstić information content (AvgIpc) is 2.38. The molecule has 22 heavy (non-hydrogen) atoms. The highest BCUT2D eigenvalue weighted by atomic mass is 16.7. The van der Waals surface area contributed by atoms with Gasteiger partial charge in [0.1, 0.15) is 12.4 Å². The second-order valence-corrected chi connectivity index (χ2v) is 5.59. The molecule has 0 aromatic carbocycles.